The molecule has 0 radical (unpaired) electrons. The number of carbonyl (C=O) groups excluding carboxylic acids is 1. The fourth-order valence-corrected chi connectivity index (χ4v) is 2.37. The lowest BCUT2D eigenvalue weighted by atomic mass is 10.2. The van der Waals surface area contributed by atoms with Crippen molar-refractivity contribution in [2.24, 2.45) is 0 Å². The largest absolute Gasteiger partial charge is 0.392 e. The van der Waals surface area contributed by atoms with Crippen LogP contribution in [0.3, 0.4) is 0 Å². The highest BCUT2D eigenvalue weighted by Crippen LogP contribution is 2.18. The Morgan fingerprint density at radius 2 is 2.19 bits per heavy atom. The summed E-state index contributed by atoms with van der Waals surface area (Å²) in [5.74, 6) is 0.254. The summed E-state index contributed by atoms with van der Waals surface area (Å²) in [7, 11) is 4.11. The third-order valence-electron chi connectivity index (χ3n) is 3.06. The van der Waals surface area contributed by atoms with E-state index in [1.165, 1.54) is 0 Å². The first kappa shape index (κ1) is 13.6. The molecule has 2 atom stereocenters. The van der Waals surface area contributed by atoms with Crippen LogP contribution in [0.1, 0.15) is 26.2 Å². The molecule has 0 aromatic carbocycles. The van der Waals surface area contributed by atoms with Gasteiger partial charge in [0.2, 0.25) is 0 Å². The van der Waals surface area contributed by atoms with Gasteiger partial charge in [0, 0.05) is 25.6 Å². The highest BCUT2D eigenvalue weighted by atomic mass is 16.3. The van der Waals surface area contributed by atoms with E-state index in [0.29, 0.717) is 12.5 Å². The molecule has 1 rings (SSSR count). The fraction of sp³-hybridized carbons (Fsp3) is 0.917. The molecule has 0 aliphatic carbocycles. The van der Waals surface area contributed by atoms with Crippen LogP contribution >= 0.6 is 0 Å². The maximum Gasteiger partial charge on any atom is 0.129 e. The molecule has 0 bridgehead atoms. The number of hydrogen-bond donors (Lipinski definition) is 1. The molecular formula is C12H24N2O2. The number of β-amino-alcohol motifs (C(OH)–C–C–N with tert-alkyl or cyclic N) is 1. The molecule has 1 N–H and O–H groups in total. The van der Waals surface area contributed by atoms with Crippen LogP contribution in [-0.2, 0) is 4.79 Å². The van der Waals surface area contributed by atoms with Gasteiger partial charge in [0.1, 0.15) is 5.78 Å². The van der Waals surface area contributed by atoms with Crippen molar-refractivity contribution in [3.8, 4) is 0 Å². The van der Waals surface area contributed by atoms with Crippen molar-refractivity contribution >= 4 is 5.78 Å². The molecule has 0 amide bonds. The van der Waals surface area contributed by atoms with Crippen LogP contribution in [0, 0.1) is 0 Å². The molecule has 1 aliphatic heterocycles. The average Bonchev–Trinajstić information content (AvgIpc) is 2.44. The second-order valence-corrected chi connectivity index (χ2v) is 5.11. The first-order chi connectivity index (χ1) is 7.49. The second-order valence-electron chi connectivity index (χ2n) is 5.11. The second kappa shape index (κ2) is 6.33. The lowest BCUT2D eigenvalue weighted by Crippen LogP contribution is -2.38. The van der Waals surface area contributed by atoms with Gasteiger partial charge < -0.3 is 14.8 Å². The molecule has 0 aromatic heterocycles. The predicted octanol–water partition coefficient (Wildman–Crippen LogP) is 0.352. The Hall–Kier alpha value is -0.450. The van der Waals surface area contributed by atoms with Gasteiger partial charge in [-0.25, -0.2) is 0 Å². The van der Waals surface area contributed by atoms with E-state index in [2.05, 4.69) is 23.9 Å². The van der Waals surface area contributed by atoms with Crippen molar-refractivity contribution in [2.75, 3.05) is 33.7 Å². The van der Waals surface area contributed by atoms with E-state index >= 15 is 0 Å². The van der Waals surface area contributed by atoms with Crippen LogP contribution in [0.2, 0.25) is 0 Å². The lowest BCUT2D eigenvalue weighted by molar-refractivity contribution is -0.117. The number of carbonyl (C=O) groups is 1. The van der Waals surface area contributed by atoms with Crippen molar-refractivity contribution in [3.05, 3.63) is 0 Å². The number of ketones is 1. The Morgan fingerprint density at radius 1 is 1.50 bits per heavy atom. The number of hydrogen-bond acceptors (Lipinski definition) is 4. The smallest absolute Gasteiger partial charge is 0.129 e. The molecular weight excluding hydrogens is 204 g/mol. The third kappa shape index (κ3) is 4.60. The van der Waals surface area contributed by atoms with Crippen molar-refractivity contribution in [2.45, 2.75) is 38.3 Å². The molecule has 0 aromatic rings. The SMILES string of the molecule is CC(=O)CCCN1CC(O)CC1CN(C)C. The molecule has 1 heterocycles. The third-order valence-corrected chi connectivity index (χ3v) is 3.06. The van der Waals surface area contributed by atoms with E-state index in [4.69, 9.17) is 0 Å². The zero-order valence-corrected chi connectivity index (χ0v) is 10.6. The normalized spacial score (nSPS) is 26.6. The van der Waals surface area contributed by atoms with Gasteiger partial charge in [0.15, 0.2) is 0 Å². The summed E-state index contributed by atoms with van der Waals surface area (Å²) in [4.78, 5) is 15.3. The summed E-state index contributed by atoms with van der Waals surface area (Å²) in [5, 5.41) is 9.66. The van der Waals surface area contributed by atoms with Crippen LogP contribution in [0.5, 0.6) is 0 Å². The maximum atomic E-state index is 10.9. The first-order valence-electron chi connectivity index (χ1n) is 6.05. The number of rotatable bonds is 6. The Labute approximate surface area is 98.2 Å². The van der Waals surface area contributed by atoms with Crippen LogP contribution in [0.15, 0.2) is 0 Å². The maximum absolute atomic E-state index is 10.9. The highest BCUT2D eigenvalue weighted by molar-refractivity contribution is 5.75. The summed E-state index contributed by atoms with van der Waals surface area (Å²) in [5.41, 5.74) is 0. The molecule has 1 aliphatic rings. The zero-order valence-electron chi connectivity index (χ0n) is 10.6. The zero-order chi connectivity index (χ0) is 12.1. The minimum absolute atomic E-state index is 0.192. The summed E-state index contributed by atoms with van der Waals surface area (Å²) in [6.45, 7) is 4.30. The van der Waals surface area contributed by atoms with Gasteiger partial charge in [-0.15, -0.1) is 0 Å². The van der Waals surface area contributed by atoms with Gasteiger partial charge in [-0.2, -0.15) is 0 Å². The minimum Gasteiger partial charge on any atom is -0.392 e. The number of aliphatic hydroxyl groups is 1. The van der Waals surface area contributed by atoms with Gasteiger partial charge in [-0.1, -0.05) is 0 Å². The molecule has 1 saturated heterocycles. The molecule has 0 saturated carbocycles. The number of aliphatic hydroxyl groups excluding tert-OH is 1. The molecule has 2 unspecified atom stereocenters. The number of nitrogens with zero attached hydrogens (tertiary/aromatic N) is 2. The van der Waals surface area contributed by atoms with Crippen molar-refractivity contribution in [3.63, 3.8) is 0 Å². The van der Waals surface area contributed by atoms with E-state index < -0.39 is 0 Å². The van der Waals surface area contributed by atoms with Crippen LogP contribution < -0.4 is 0 Å². The number of Topliss-reactive ketones (excluding diaryl/α,β-unsaturated/α-hetero) is 1. The van der Waals surface area contributed by atoms with Gasteiger partial charge in [-0.05, 0) is 40.4 Å². The monoisotopic (exact) mass is 228 g/mol. The van der Waals surface area contributed by atoms with Crippen molar-refractivity contribution in [1.29, 1.82) is 0 Å². The summed E-state index contributed by atoms with van der Waals surface area (Å²) < 4.78 is 0. The Kier molecular flexibility index (Phi) is 5.38. The van der Waals surface area contributed by atoms with E-state index in [0.717, 1.165) is 32.5 Å². The van der Waals surface area contributed by atoms with Crippen molar-refractivity contribution in [1.82, 2.24) is 9.80 Å². The summed E-state index contributed by atoms with van der Waals surface area (Å²) >= 11 is 0. The number of likely N-dealkylation sites (tertiary alicyclic amines) is 1. The Balaban J connectivity index is 2.34. The average molecular weight is 228 g/mol. The van der Waals surface area contributed by atoms with Gasteiger partial charge in [0.25, 0.3) is 0 Å². The number of likely N-dealkylation sites (N-methyl/N-ethyl adjacent to an activating group) is 1. The van der Waals surface area contributed by atoms with Gasteiger partial charge in [-0.3, -0.25) is 4.90 Å². The Bertz CT molecular complexity index is 231. The molecule has 4 heteroatoms. The van der Waals surface area contributed by atoms with E-state index in [9.17, 15) is 9.90 Å². The lowest BCUT2D eigenvalue weighted by Gasteiger charge is -2.26. The standard InChI is InChI=1S/C12H24N2O2/c1-10(15)5-4-6-14-9-12(16)7-11(14)8-13(2)3/h11-12,16H,4-9H2,1-3H3. The molecule has 0 spiro atoms. The van der Waals surface area contributed by atoms with Gasteiger partial charge >= 0.3 is 0 Å². The predicted molar refractivity (Wildman–Crippen MR) is 64.5 cm³/mol. The van der Waals surface area contributed by atoms with Gasteiger partial charge in [0.05, 0.1) is 6.10 Å². The molecule has 4 nitrogen and oxygen atoms in total. The topological polar surface area (TPSA) is 43.8 Å². The van der Waals surface area contributed by atoms with Crippen LogP contribution in [0.4, 0.5) is 0 Å². The summed E-state index contributed by atoms with van der Waals surface area (Å²) in [6.07, 6.45) is 2.23. The van der Waals surface area contributed by atoms with E-state index in [-0.39, 0.29) is 11.9 Å². The molecule has 94 valence electrons. The fourth-order valence-electron chi connectivity index (χ4n) is 2.37. The molecule has 1 fully saturated rings. The van der Waals surface area contributed by atoms with Crippen LogP contribution in [-0.4, -0.2) is 66.6 Å². The highest BCUT2D eigenvalue weighted by Gasteiger charge is 2.30. The summed E-state index contributed by atoms with van der Waals surface area (Å²) in [6, 6.07) is 0.442. The molecule has 16 heavy (non-hydrogen) atoms. The van der Waals surface area contributed by atoms with Crippen LogP contribution in [0.25, 0.3) is 0 Å². The van der Waals surface area contributed by atoms with E-state index in [1.54, 1.807) is 6.92 Å². The quantitative estimate of drug-likeness (QED) is 0.712. The van der Waals surface area contributed by atoms with E-state index in [1.807, 2.05) is 0 Å². The van der Waals surface area contributed by atoms with Crippen molar-refractivity contribution < 1.29 is 9.90 Å². The first-order valence-corrected chi connectivity index (χ1v) is 6.05. The Morgan fingerprint density at radius 3 is 2.75 bits per heavy atom. The minimum atomic E-state index is -0.192.